The van der Waals surface area contributed by atoms with E-state index in [-0.39, 0.29) is 5.78 Å². The summed E-state index contributed by atoms with van der Waals surface area (Å²) in [5.41, 5.74) is 2.48. The van der Waals surface area contributed by atoms with E-state index < -0.39 is 0 Å². The van der Waals surface area contributed by atoms with Crippen LogP contribution in [-0.4, -0.2) is 23.1 Å². The summed E-state index contributed by atoms with van der Waals surface area (Å²) < 4.78 is 5.15. The fourth-order valence-electron chi connectivity index (χ4n) is 2.18. The first kappa shape index (κ1) is 15.2. The molecule has 1 aromatic heterocycles. The number of rotatable bonds is 4. The molecule has 2 aromatic carbocycles. The standard InChI is InChI=1S/C18H13ClN2O2/c1-23-16-4-2-3-13(9-16)18(22)14-10-17(21-20-11-14)12-5-7-15(19)8-6-12/h2-11H,1H3. The molecule has 0 bridgehead atoms. The second-order valence-corrected chi connectivity index (χ2v) is 5.33. The van der Waals surface area contributed by atoms with E-state index in [0.717, 1.165) is 5.56 Å². The number of ketones is 1. The highest BCUT2D eigenvalue weighted by molar-refractivity contribution is 6.30. The van der Waals surface area contributed by atoms with Gasteiger partial charge in [-0.25, -0.2) is 0 Å². The number of benzene rings is 2. The van der Waals surface area contributed by atoms with Crippen molar-refractivity contribution in [2.45, 2.75) is 0 Å². The van der Waals surface area contributed by atoms with Crippen LogP contribution in [0.1, 0.15) is 15.9 Å². The molecular weight excluding hydrogens is 312 g/mol. The molecule has 0 saturated heterocycles. The van der Waals surface area contributed by atoms with Gasteiger partial charge in [0.05, 0.1) is 19.0 Å². The van der Waals surface area contributed by atoms with E-state index in [1.807, 2.05) is 12.1 Å². The number of methoxy groups -OCH3 is 1. The minimum Gasteiger partial charge on any atom is -0.497 e. The number of nitrogens with zero attached hydrogens (tertiary/aromatic N) is 2. The molecule has 0 aliphatic rings. The lowest BCUT2D eigenvalue weighted by Crippen LogP contribution is -2.03. The summed E-state index contributed by atoms with van der Waals surface area (Å²) in [5, 5.41) is 8.66. The second-order valence-electron chi connectivity index (χ2n) is 4.90. The molecule has 5 heteroatoms. The summed E-state index contributed by atoms with van der Waals surface area (Å²) in [4.78, 5) is 12.6. The predicted octanol–water partition coefficient (Wildman–Crippen LogP) is 4.04. The summed E-state index contributed by atoms with van der Waals surface area (Å²) in [6.45, 7) is 0. The molecule has 114 valence electrons. The van der Waals surface area contributed by atoms with Gasteiger partial charge in [0, 0.05) is 21.7 Å². The molecular formula is C18H13ClN2O2. The summed E-state index contributed by atoms with van der Waals surface area (Å²) in [6, 6.07) is 16.0. The van der Waals surface area contributed by atoms with Gasteiger partial charge in [-0.15, -0.1) is 0 Å². The third-order valence-electron chi connectivity index (χ3n) is 3.39. The second kappa shape index (κ2) is 6.58. The lowest BCUT2D eigenvalue weighted by Gasteiger charge is -2.05. The molecule has 0 fully saturated rings. The van der Waals surface area contributed by atoms with E-state index in [0.29, 0.717) is 27.6 Å². The maximum atomic E-state index is 12.6. The maximum absolute atomic E-state index is 12.6. The Morgan fingerprint density at radius 2 is 1.83 bits per heavy atom. The lowest BCUT2D eigenvalue weighted by molar-refractivity contribution is 0.103. The number of aromatic nitrogens is 2. The molecule has 3 aromatic rings. The molecule has 0 atom stereocenters. The first-order chi connectivity index (χ1) is 11.2. The molecule has 0 spiro atoms. The van der Waals surface area contributed by atoms with E-state index >= 15 is 0 Å². The van der Waals surface area contributed by atoms with Crippen LogP contribution in [0.4, 0.5) is 0 Å². The summed E-state index contributed by atoms with van der Waals surface area (Å²) >= 11 is 5.89. The molecule has 0 unspecified atom stereocenters. The molecule has 23 heavy (non-hydrogen) atoms. The van der Waals surface area contributed by atoms with Crippen LogP contribution in [-0.2, 0) is 0 Å². The predicted molar refractivity (Wildman–Crippen MR) is 88.9 cm³/mol. The molecule has 0 radical (unpaired) electrons. The monoisotopic (exact) mass is 324 g/mol. The smallest absolute Gasteiger partial charge is 0.194 e. The van der Waals surface area contributed by atoms with Crippen LogP contribution < -0.4 is 4.74 Å². The number of carbonyl (C=O) groups excluding carboxylic acids is 1. The molecule has 0 N–H and O–H groups in total. The Labute approximate surface area is 138 Å². The first-order valence-corrected chi connectivity index (χ1v) is 7.32. The maximum Gasteiger partial charge on any atom is 0.194 e. The van der Waals surface area contributed by atoms with Crippen molar-refractivity contribution in [1.82, 2.24) is 10.2 Å². The topological polar surface area (TPSA) is 52.1 Å². The Hall–Kier alpha value is -2.72. The van der Waals surface area contributed by atoms with Crippen LogP contribution in [0.25, 0.3) is 11.3 Å². The third-order valence-corrected chi connectivity index (χ3v) is 3.64. The Bertz CT molecular complexity index is 848. The van der Waals surface area contributed by atoms with Gasteiger partial charge in [0.15, 0.2) is 5.78 Å². The average Bonchev–Trinajstić information content (AvgIpc) is 2.62. The molecule has 0 amide bonds. The zero-order valence-corrected chi connectivity index (χ0v) is 13.1. The third kappa shape index (κ3) is 3.38. The number of carbonyl (C=O) groups is 1. The molecule has 1 heterocycles. The highest BCUT2D eigenvalue weighted by atomic mass is 35.5. The van der Waals surface area contributed by atoms with Gasteiger partial charge in [0.2, 0.25) is 0 Å². The zero-order chi connectivity index (χ0) is 16.2. The van der Waals surface area contributed by atoms with Crippen LogP contribution in [0, 0.1) is 0 Å². The summed E-state index contributed by atoms with van der Waals surface area (Å²) in [6.07, 6.45) is 1.46. The van der Waals surface area contributed by atoms with Crippen LogP contribution in [0.15, 0.2) is 60.8 Å². The van der Waals surface area contributed by atoms with Crippen molar-refractivity contribution in [3.8, 4) is 17.0 Å². The van der Waals surface area contributed by atoms with Gasteiger partial charge in [-0.1, -0.05) is 35.9 Å². The number of hydrogen-bond donors (Lipinski definition) is 0. The lowest BCUT2D eigenvalue weighted by atomic mass is 10.0. The van der Waals surface area contributed by atoms with Gasteiger partial charge in [-0.05, 0) is 30.3 Å². The van der Waals surface area contributed by atoms with Gasteiger partial charge in [0.25, 0.3) is 0 Å². The Balaban J connectivity index is 1.95. The first-order valence-electron chi connectivity index (χ1n) is 6.95. The Morgan fingerprint density at radius 1 is 1.04 bits per heavy atom. The van der Waals surface area contributed by atoms with E-state index in [1.54, 1.807) is 49.6 Å². The molecule has 0 saturated carbocycles. The summed E-state index contributed by atoms with van der Waals surface area (Å²) in [7, 11) is 1.57. The zero-order valence-electron chi connectivity index (χ0n) is 12.4. The fourth-order valence-corrected chi connectivity index (χ4v) is 2.31. The Kier molecular flexibility index (Phi) is 4.35. The van der Waals surface area contributed by atoms with E-state index in [1.165, 1.54) is 6.20 Å². The van der Waals surface area contributed by atoms with Crippen LogP contribution >= 0.6 is 11.6 Å². The van der Waals surface area contributed by atoms with Crippen molar-refractivity contribution in [3.05, 3.63) is 76.9 Å². The van der Waals surface area contributed by atoms with Gasteiger partial charge >= 0.3 is 0 Å². The minimum absolute atomic E-state index is 0.131. The van der Waals surface area contributed by atoms with Crippen molar-refractivity contribution < 1.29 is 9.53 Å². The van der Waals surface area contributed by atoms with Crippen molar-refractivity contribution in [2.75, 3.05) is 7.11 Å². The molecule has 4 nitrogen and oxygen atoms in total. The van der Waals surface area contributed by atoms with Crippen molar-refractivity contribution in [1.29, 1.82) is 0 Å². The van der Waals surface area contributed by atoms with Crippen LogP contribution in [0.3, 0.4) is 0 Å². The Morgan fingerprint density at radius 3 is 2.57 bits per heavy atom. The number of hydrogen-bond acceptors (Lipinski definition) is 4. The normalized spacial score (nSPS) is 10.3. The average molecular weight is 325 g/mol. The van der Waals surface area contributed by atoms with Crippen molar-refractivity contribution >= 4 is 17.4 Å². The van der Waals surface area contributed by atoms with Crippen molar-refractivity contribution in [3.63, 3.8) is 0 Å². The fraction of sp³-hybridized carbons (Fsp3) is 0.0556. The molecule has 0 aliphatic heterocycles. The SMILES string of the molecule is COc1cccc(C(=O)c2cnnc(-c3ccc(Cl)cc3)c2)c1. The van der Waals surface area contributed by atoms with E-state index in [9.17, 15) is 4.79 Å². The van der Waals surface area contributed by atoms with E-state index in [2.05, 4.69) is 10.2 Å². The molecule has 0 aliphatic carbocycles. The van der Waals surface area contributed by atoms with Crippen LogP contribution in [0.5, 0.6) is 5.75 Å². The largest absolute Gasteiger partial charge is 0.497 e. The summed E-state index contributed by atoms with van der Waals surface area (Å²) in [5.74, 6) is 0.504. The number of ether oxygens (including phenoxy) is 1. The number of halogens is 1. The van der Waals surface area contributed by atoms with Gasteiger partial charge in [0.1, 0.15) is 5.75 Å². The van der Waals surface area contributed by atoms with E-state index in [4.69, 9.17) is 16.3 Å². The minimum atomic E-state index is -0.131. The van der Waals surface area contributed by atoms with Gasteiger partial charge in [-0.3, -0.25) is 4.79 Å². The molecule has 3 rings (SSSR count). The van der Waals surface area contributed by atoms with Crippen LogP contribution in [0.2, 0.25) is 5.02 Å². The highest BCUT2D eigenvalue weighted by Crippen LogP contribution is 2.21. The van der Waals surface area contributed by atoms with Crippen molar-refractivity contribution in [2.24, 2.45) is 0 Å². The quantitative estimate of drug-likeness (QED) is 0.680. The van der Waals surface area contributed by atoms with Gasteiger partial charge < -0.3 is 4.74 Å². The van der Waals surface area contributed by atoms with Gasteiger partial charge in [-0.2, -0.15) is 10.2 Å². The highest BCUT2D eigenvalue weighted by Gasteiger charge is 2.12.